The predicted molar refractivity (Wildman–Crippen MR) is 174 cm³/mol. The molecule has 1 saturated heterocycles. The second kappa shape index (κ2) is 12.6. The summed E-state index contributed by atoms with van der Waals surface area (Å²) in [5.41, 5.74) is 5.08. The summed E-state index contributed by atoms with van der Waals surface area (Å²) in [5.74, 6) is 2.10. The number of nitrogens with one attached hydrogen (secondary N) is 1. The lowest BCUT2D eigenvalue weighted by atomic mass is 9.71. The van der Waals surface area contributed by atoms with Crippen LogP contribution in [0.15, 0.2) is 53.4 Å². The third kappa shape index (κ3) is 7.76. The zero-order chi connectivity index (χ0) is 30.9. The van der Waals surface area contributed by atoms with Gasteiger partial charge < -0.3 is 9.64 Å². The Labute approximate surface area is 258 Å². The average Bonchev–Trinajstić information content (AvgIpc) is 2.88. The van der Waals surface area contributed by atoms with Gasteiger partial charge in [0.05, 0.1) is 17.2 Å². The van der Waals surface area contributed by atoms with E-state index in [4.69, 9.17) is 4.74 Å². The normalized spacial score (nSPS) is 21.1. The first-order chi connectivity index (χ1) is 20.3. The molecule has 2 aliphatic heterocycles. The minimum absolute atomic E-state index is 0.0187. The molecule has 3 heterocycles. The highest BCUT2D eigenvalue weighted by Crippen LogP contribution is 2.38. The second-order valence-corrected chi connectivity index (χ2v) is 16.0. The number of sulfonamides is 1. The first-order valence-corrected chi connectivity index (χ1v) is 17.2. The van der Waals surface area contributed by atoms with Crippen LogP contribution < -0.4 is 9.46 Å². The van der Waals surface area contributed by atoms with E-state index in [9.17, 15) is 8.42 Å². The van der Waals surface area contributed by atoms with E-state index in [0.717, 1.165) is 54.7 Å². The van der Waals surface area contributed by atoms with Crippen LogP contribution in [0.4, 0.5) is 5.95 Å². The van der Waals surface area contributed by atoms with Crippen molar-refractivity contribution >= 4 is 16.0 Å². The SMILES string of the molecule is Cc1cccc(C)c1-c1cc2nc(n1)NS(=O)(=O)c1cccc(c1)CC(C1CN(CCC(C)(C)C)C1)[C@H](CC(C)C)CO2. The highest BCUT2D eigenvalue weighted by atomic mass is 32.2. The quantitative estimate of drug-likeness (QED) is 0.322. The molecule has 0 radical (unpaired) electrons. The summed E-state index contributed by atoms with van der Waals surface area (Å²) in [7, 11) is -3.91. The van der Waals surface area contributed by atoms with Crippen molar-refractivity contribution in [3.8, 4) is 17.1 Å². The zero-order valence-electron chi connectivity index (χ0n) is 26.9. The number of aryl methyl sites for hydroxylation is 2. The molecule has 0 saturated carbocycles. The van der Waals surface area contributed by atoms with Crippen LogP contribution in [0, 0.1) is 42.9 Å². The Hall–Kier alpha value is -2.97. The maximum Gasteiger partial charge on any atom is 0.264 e. The summed E-state index contributed by atoms with van der Waals surface area (Å²) in [5, 5.41) is 0. The lowest BCUT2D eigenvalue weighted by Gasteiger charge is -2.47. The van der Waals surface area contributed by atoms with Crippen molar-refractivity contribution in [1.29, 1.82) is 0 Å². The predicted octanol–water partition coefficient (Wildman–Crippen LogP) is 7.14. The number of hydrogen-bond donors (Lipinski definition) is 1. The molecule has 3 aromatic rings. The van der Waals surface area contributed by atoms with Gasteiger partial charge in [0.15, 0.2) is 0 Å². The van der Waals surface area contributed by atoms with Crippen LogP contribution in [-0.2, 0) is 16.4 Å². The first kappa shape index (κ1) is 31.5. The number of benzene rings is 2. The molecule has 0 spiro atoms. The minimum Gasteiger partial charge on any atom is -0.477 e. The summed E-state index contributed by atoms with van der Waals surface area (Å²) >= 11 is 0. The van der Waals surface area contributed by atoms with Crippen molar-refractivity contribution in [3.05, 3.63) is 65.2 Å². The Morgan fingerprint density at radius 3 is 2.40 bits per heavy atom. The number of likely N-dealkylation sites (tertiary alicyclic amines) is 1. The molecule has 1 fully saturated rings. The number of nitrogens with zero attached hydrogens (tertiary/aromatic N) is 3. The van der Waals surface area contributed by atoms with E-state index in [1.54, 1.807) is 6.07 Å². The van der Waals surface area contributed by atoms with Gasteiger partial charge in [-0.3, -0.25) is 0 Å². The molecular weight excluding hydrogens is 556 g/mol. The third-order valence-electron chi connectivity index (χ3n) is 8.94. The van der Waals surface area contributed by atoms with E-state index >= 15 is 0 Å². The Morgan fingerprint density at radius 2 is 1.72 bits per heavy atom. The maximum absolute atomic E-state index is 13.6. The lowest BCUT2D eigenvalue weighted by Crippen LogP contribution is -2.53. The van der Waals surface area contributed by atoms with Crippen LogP contribution >= 0.6 is 0 Å². The molecule has 2 aliphatic rings. The topological polar surface area (TPSA) is 84.4 Å². The van der Waals surface area contributed by atoms with Crippen molar-refractivity contribution in [2.24, 2.45) is 29.1 Å². The van der Waals surface area contributed by atoms with Gasteiger partial charge in [-0.05, 0) is 97.6 Å². The van der Waals surface area contributed by atoms with Crippen LogP contribution in [0.3, 0.4) is 0 Å². The summed E-state index contributed by atoms with van der Waals surface area (Å²) in [6.45, 7) is 19.3. The summed E-state index contributed by atoms with van der Waals surface area (Å²) in [6.07, 6.45) is 3.02. The van der Waals surface area contributed by atoms with E-state index in [1.165, 1.54) is 6.42 Å². The number of anilines is 1. The second-order valence-electron chi connectivity index (χ2n) is 14.3. The molecule has 7 nitrogen and oxygen atoms in total. The summed E-state index contributed by atoms with van der Waals surface area (Å²) < 4.78 is 36.4. The Kier molecular flexibility index (Phi) is 9.19. The third-order valence-corrected chi connectivity index (χ3v) is 10.3. The van der Waals surface area contributed by atoms with Crippen LogP contribution in [-0.4, -0.2) is 49.5 Å². The van der Waals surface area contributed by atoms with Gasteiger partial charge in [0.25, 0.3) is 10.0 Å². The van der Waals surface area contributed by atoms with Gasteiger partial charge in [0, 0.05) is 24.7 Å². The smallest absolute Gasteiger partial charge is 0.264 e. The monoisotopic (exact) mass is 604 g/mol. The lowest BCUT2D eigenvalue weighted by molar-refractivity contribution is 0.0109. The molecule has 2 atom stereocenters. The van der Waals surface area contributed by atoms with Crippen LogP contribution in [0.5, 0.6) is 5.88 Å². The van der Waals surface area contributed by atoms with E-state index < -0.39 is 10.0 Å². The number of aromatic nitrogens is 2. The summed E-state index contributed by atoms with van der Waals surface area (Å²) in [4.78, 5) is 12.0. The van der Waals surface area contributed by atoms with E-state index in [-0.39, 0.29) is 10.8 Å². The van der Waals surface area contributed by atoms with Crippen molar-refractivity contribution in [1.82, 2.24) is 14.9 Å². The Morgan fingerprint density at radius 1 is 1.02 bits per heavy atom. The molecule has 1 N–H and O–H groups in total. The Balaban J connectivity index is 1.54. The molecule has 0 aliphatic carbocycles. The van der Waals surface area contributed by atoms with E-state index in [0.29, 0.717) is 47.3 Å². The van der Waals surface area contributed by atoms with Crippen LogP contribution in [0.25, 0.3) is 11.3 Å². The van der Waals surface area contributed by atoms with Gasteiger partial charge in [-0.25, -0.2) is 18.1 Å². The fraction of sp³-hybridized carbons (Fsp3) is 0.543. The average molecular weight is 605 g/mol. The number of fused-ring (bicyclic) bond motifs is 4. The fourth-order valence-corrected chi connectivity index (χ4v) is 7.64. The number of rotatable bonds is 6. The van der Waals surface area contributed by atoms with Crippen LogP contribution in [0.2, 0.25) is 0 Å². The highest BCUT2D eigenvalue weighted by Gasteiger charge is 2.38. The van der Waals surface area contributed by atoms with Gasteiger partial charge in [-0.1, -0.05) is 65.0 Å². The van der Waals surface area contributed by atoms with Crippen molar-refractivity contribution in [2.75, 3.05) is 31.0 Å². The maximum atomic E-state index is 13.6. The largest absolute Gasteiger partial charge is 0.477 e. The molecular formula is C35H48N4O3S. The zero-order valence-corrected chi connectivity index (χ0v) is 27.7. The van der Waals surface area contributed by atoms with Crippen LogP contribution in [0.1, 0.15) is 64.2 Å². The highest BCUT2D eigenvalue weighted by molar-refractivity contribution is 7.92. The van der Waals surface area contributed by atoms with Gasteiger partial charge in [0.1, 0.15) is 0 Å². The van der Waals surface area contributed by atoms with E-state index in [1.807, 2.05) is 50.2 Å². The fourth-order valence-electron chi connectivity index (χ4n) is 6.62. The first-order valence-electron chi connectivity index (χ1n) is 15.7. The van der Waals surface area contributed by atoms with Gasteiger partial charge in [0.2, 0.25) is 11.8 Å². The number of ether oxygens (including phenoxy) is 1. The van der Waals surface area contributed by atoms with Gasteiger partial charge >= 0.3 is 0 Å². The molecule has 4 bridgehead atoms. The molecule has 232 valence electrons. The number of hydrogen-bond acceptors (Lipinski definition) is 6. The molecule has 2 aromatic carbocycles. The van der Waals surface area contributed by atoms with Crippen molar-refractivity contribution < 1.29 is 13.2 Å². The molecule has 0 amide bonds. The standard InChI is InChI=1S/C35H48N4O3S/c1-23(2)16-27-22-42-32-19-31(33-24(3)10-8-11-25(33)4)36-34(37-32)38-43(40,41)29-13-9-12-26(17-29)18-30(27)28-20-39(21-28)15-14-35(5,6)7/h8-13,17,19,23,27-28,30H,14-16,18,20-22H2,1-7H3,(H,36,37,38)/t27-,30?/m1/s1. The molecule has 43 heavy (non-hydrogen) atoms. The van der Waals surface area contributed by atoms with Crippen molar-refractivity contribution in [3.63, 3.8) is 0 Å². The molecule has 8 heteroatoms. The van der Waals surface area contributed by atoms with Crippen molar-refractivity contribution in [2.45, 2.75) is 72.6 Å². The van der Waals surface area contributed by atoms with E-state index in [2.05, 4.69) is 60.3 Å². The molecule has 5 rings (SSSR count). The van der Waals surface area contributed by atoms with Gasteiger partial charge in [-0.2, -0.15) is 4.98 Å². The minimum atomic E-state index is -3.91. The Bertz CT molecular complexity index is 1520. The molecule has 1 unspecified atom stereocenters. The van der Waals surface area contributed by atoms with Gasteiger partial charge in [-0.15, -0.1) is 0 Å². The summed E-state index contributed by atoms with van der Waals surface area (Å²) in [6, 6.07) is 15.3. The molecule has 1 aromatic heterocycles.